The topological polar surface area (TPSA) is 18.5 Å². The summed E-state index contributed by atoms with van der Waals surface area (Å²) in [7, 11) is 1.71. The Morgan fingerprint density at radius 2 is 1.68 bits per heavy atom. The van der Waals surface area contributed by atoms with Crippen molar-refractivity contribution in [1.29, 1.82) is 0 Å². The fourth-order valence-electron chi connectivity index (χ4n) is 4.48. The molecule has 1 aliphatic heterocycles. The van der Waals surface area contributed by atoms with Gasteiger partial charge in [0.15, 0.2) is 19.4 Å². The molecule has 1 heterocycles. The minimum atomic E-state index is -1.00. The van der Waals surface area contributed by atoms with Crippen molar-refractivity contribution in [2.45, 2.75) is 37.7 Å². The fraction of sp³-hybridized carbons (Fsp3) is 0.286. The molecule has 2 nitrogen and oxygen atoms in total. The average molecular weight is 464 g/mol. The van der Waals surface area contributed by atoms with Crippen LogP contribution in [0.15, 0.2) is 67.3 Å². The van der Waals surface area contributed by atoms with Crippen LogP contribution in [0.25, 0.3) is 22.3 Å². The molecule has 6 heteroatoms. The second kappa shape index (κ2) is 11.0. The van der Waals surface area contributed by atoms with Crippen molar-refractivity contribution in [1.82, 2.24) is 0 Å². The van der Waals surface area contributed by atoms with Crippen LogP contribution < -0.4 is 4.74 Å². The van der Waals surface area contributed by atoms with Gasteiger partial charge in [0.2, 0.25) is 5.82 Å². The Balaban J connectivity index is 1.48. The molecule has 0 amide bonds. The van der Waals surface area contributed by atoms with Crippen molar-refractivity contribution in [3.63, 3.8) is 0 Å². The summed E-state index contributed by atoms with van der Waals surface area (Å²) >= 11 is 0. The van der Waals surface area contributed by atoms with Crippen LogP contribution in [0.3, 0.4) is 0 Å². The Morgan fingerprint density at radius 1 is 0.941 bits per heavy atom. The predicted octanol–water partition coefficient (Wildman–Crippen LogP) is 6.64. The molecule has 0 N–H and O–H groups in total. The Bertz CT molecular complexity index is 1140. The number of benzene rings is 3. The van der Waals surface area contributed by atoms with E-state index in [0.717, 1.165) is 36.8 Å². The second-order valence-corrected chi connectivity index (χ2v) is 8.58. The number of allylic oxidation sites excluding steroid dienone is 1. The maximum atomic E-state index is 15.0. The molecule has 0 aromatic heterocycles. The minimum absolute atomic E-state index is 0.0499. The highest BCUT2D eigenvalue weighted by molar-refractivity contribution is 6.08. The first-order valence-corrected chi connectivity index (χ1v) is 11.7. The van der Waals surface area contributed by atoms with Gasteiger partial charge >= 0.3 is 0 Å². The normalized spacial score (nSPS) is 18.0. The summed E-state index contributed by atoms with van der Waals surface area (Å²) in [5.74, 6) is -2.25. The van der Waals surface area contributed by atoms with E-state index in [1.807, 2.05) is 18.2 Å². The third-order valence-electron chi connectivity index (χ3n) is 6.38. The first kappa shape index (κ1) is 24.1. The first-order chi connectivity index (χ1) is 16.5. The van der Waals surface area contributed by atoms with Crippen molar-refractivity contribution >= 4 is 7.85 Å². The summed E-state index contributed by atoms with van der Waals surface area (Å²) in [4.78, 5) is 0. The molecule has 0 saturated carbocycles. The fourth-order valence-corrected chi connectivity index (χ4v) is 4.48. The highest BCUT2D eigenvalue weighted by Gasteiger charge is 2.24. The lowest BCUT2D eigenvalue weighted by atomic mass is 9.89. The van der Waals surface area contributed by atoms with E-state index in [1.54, 1.807) is 32.1 Å². The van der Waals surface area contributed by atoms with Gasteiger partial charge in [-0.2, -0.15) is 4.39 Å². The van der Waals surface area contributed by atoms with E-state index in [1.165, 1.54) is 18.2 Å². The average Bonchev–Trinajstić information content (AvgIpc) is 2.86. The van der Waals surface area contributed by atoms with Crippen LogP contribution >= 0.6 is 0 Å². The molecule has 2 atom stereocenters. The van der Waals surface area contributed by atoms with E-state index >= 15 is 0 Å². The lowest BCUT2D eigenvalue weighted by Crippen LogP contribution is -2.25. The standard InChI is InChI=1S/C28H28BF3O2/c1-2-3-4-22-11-9-21(16-33-22)23-12-10-20(15-25(23)30)18-5-7-19(8-6-18)24-13-14-26(34-17-29)28(32)27(24)31/h2,5-8,10,12-15,21-22H,1,3-4,9,11,16-17,29H2. The number of hydrogen-bond donors (Lipinski definition) is 0. The van der Waals surface area contributed by atoms with Crippen LogP contribution in [0.2, 0.25) is 0 Å². The zero-order valence-corrected chi connectivity index (χ0v) is 19.3. The van der Waals surface area contributed by atoms with E-state index < -0.39 is 11.6 Å². The third kappa shape index (κ3) is 5.23. The molecule has 0 radical (unpaired) electrons. The van der Waals surface area contributed by atoms with Gasteiger partial charge in [0.05, 0.1) is 19.2 Å². The summed E-state index contributed by atoms with van der Waals surface area (Å²) in [5, 5.41) is 0. The Hall–Kier alpha value is -2.99. The van der Waals surface area contributed by atoms with E-state index in [9.17, 15) is 13.2 Å². The van der Waals surface area contributed by atoms with Gasteiger partial charge in [-0.05, 0) is 66.1 Å². The molecule has 1 fully saturated rings. The van der Waals surface area contributed by atoms with E-state index in [4.69, 9.17) is 9.47 Å². The molecule has 2 unspecified atom stereocenters. The zero-order chi connectivity index (χ0) is 24.1. The molecule has 1 aliphatic rings. The largest absolute Gasteiger partial charge is 0.500 e. The molecule has 0 aliphatic carbocycles. The second-order valence-electron chi connectivity index (χ2n) is 8.58. The molecular formula is C28H28BF3O2. The van der Waals surface area contributed by atoms with E-state index in [-0.39, 0.29) is 35.7 Å². The van der Waals surface area contributed by atoms with Crippen LogP contribution in [0.1, 0.15) is 37.2 Å². The van der Waals surface area contributed by atoms with E-state index in [2.05, 4.69) is 6.58 Å². The van der Waals surface area contributed by atoms with Gasteiger partial charge in [-0.3, -0.25) is 0 Å². The van der Waals surface area contributed by atoms with Gasteiger partial charge < -0.3 is 9.47 Å². The molecule has 176 valence electrons. The smallest absolute Gasteiger partial charge is 0.201 e. The van der Waals surface area contributed by atoms with Crippen molar-refractivity contribution < 1.29 is 22.6 Å². The number of rotatable bonds is 8. The molecule has 0 bridgehead atoms. The van der Waals surface area contributed by atoms with Gasteiger partial charge in [-0.25, -0.2) is 8.78 Å². The number of halogens is 3. The zero-order valence-electron chi connectivity index (χ0n) is 19.3. The van der Waals surface area contributed by atoms with Crippen molar-refractivity contribution in [3.05, 3.63) is 90.3 Å². The summed E-state index contributed by atoms with van der Waals surface area (Å²) in [5.41, 5.74) is 2.88. The molecule has 0 spiro atoms. The monoisotopic (exact) mass is 464 g/mol. The van der Waals surface area contributed by atoms with Crippen LogP contribution in [0, 0.1) is 17.5 Å². The molecular weight excluding hydrogens is 436 g/mol. The Labute approximate surface area is 199 Å². The van der Waals surface area contributed by atoms with Crippen LogP contribution in [0.4, 0.5) is 13.2 Å². The summed E-state index contributed by atoms with van der Waals surface area (Å²) in [6, 6.07) is 15.2. The Morgan fingerprint density at radius 3 is 2.32 bits per heavy atom. The number of ether oxygens (including phenoxy) is 2. The highest BCUT2D eigenvalue weighted by Crippen LogP contribution is 2.34. The number of hydrogen-bond acceptors (Lipinski definition) is 2. The summed E-state index contributed by atoms with van der Waals surface area (Å²) in [6.07, 6.45) is 5.83. The SMILES string of the molecule is BCOc1ccc(-c2ccc(-c3ccc(C4CCC(CCC=C)OC4)c(F)c3)cc2)c(F)c1F. The van der Waals surface area contributed by atoms with Crippen LogP contribution in [-0.4, -0.2) is 27.1 Å². The maximum absolute atomic E-state index is 15.0. The van der Waals surface area contributed by atoms with Crippen molar-refractivity contribution in [2.75, 3.05) is 13.1 Å². The molecule has 1 saturated heterocycles. The van der Waals surface area contributed by atoms with E-state index in [0.29, 0.717) is 17.7 Å². The summed E-state index contributed by atoms with van der Waals surface area (Å²) < 4.78 is 54.8. The summed E-state index contributed by atoms with van der Waals surface area (Å²) in [6.45, 7) is 4.53. The third-order valence-corrected chi connectivity index (χ3v) is 6.38. The molecule has 3 aromatic rings. The van der Waals surface area contributed by atoms with Gasteiger partial charge in [0, 0.05) is 11.5 Å². The van der Waals surface area contributed by atoms with Crippen LogP contribution in [-0.2, 0) is 4.74 Å². The van der Waals surface area contributed by atoms with Gasteiger partial charge in [-0.1, -0.05) is 42.5 Å². The minimum Gasteiger partial charge on any atom is -0.500 e. The lowest BCUT2D eigenvalue weighted by molar-refractivity contribution is -0.000784. The lowest BCUT2D eigenvalue weighted by Gasteiger charge is -2.29. The van der Waals surface area contributed by atoms with Gasteiger partial charge in [0.25, 0.3) is 0 Å². The van der Waals surface area contributed by atoms with Crippen molar-refractivity contribution in [3.8, 4) is 28.0 Å². The molecule has 3 aromatic carbocycles. The Kier molecular flexibility index (Phi) is 7.78. The van der Waals surface area contributed by atoms with Gasteiger partial charge in [0.1, 0.15) is 5.82 Å². The molecule has 34 heavy (non-hydrogen) atoms. The highest BCUT2D eigenvalue weighted by atomic mass is 19.2. The van der Waals surface area contributed by atoms with Gasteiger partial charge in [-0.15, -0.1) is 6.58 Å². The maximum Gasteiger partial charge on any atom is 0.201 e. The quantitative estimate of drug-likeness (QED) is 0.275. The molecule has 4 rings (SSSR count). The first-order valence-electron chi connectivity index (χ1n) is 11.7. The van der Waals surface area contributed by atoms with Crippen molar-refractivity contribution in [2.24, 2.45) is 0 Å². The van der Waals surface area contributed by atoms with Crippen LogP contribution in [0.5, 0.6) is 5.75 Å². The predicted molar refractivity (Wildman–Crippen MR) is 132 cm³/mol.